The molecular formula is C19H28N4. The average molecular weight is 312 g/mol. The first-order valence-corrected chi connectivity index (χ1v) is 8.45. The first-order chi connectivity index (χ1) is 11.3. The van der Waals surface area contributed by atoms with Crippen LogP contribution < -0.4 is 5.32 Å². The summed E-state index contributed by atoms with van der Waals surface area (Å²) in [6.07, 6.45) is 7.21. The van der Waals surface area contributed by atoms with Crippen molar-refractivity contribution in [2.75, 3.05) is 6.54 Å². The Bertz CT molecular complexity index is 773. The highest BCUT2D eigenvalue weighted by molar-refractivity contribution is 5.92. The average Bonchev–Trinajstić information content (AvgIpc) is 3.07. The number of aromatic nitrogens is 3. The Labute approximate surface area is 140 Å². The van der Waals surface area contributed by atoms with Crippen molar-refractivity contribution in [2.24, 2.45) is 0 Å². The normalized spacial score (nSPS) is 12.6. The van der Waals surface area contributed by atoms with Crippen molar-refractivity contribution in [2.45, 2.75) is 39.2 Å². The molecular weight excluding hydrogens is 284 g/mol. The van der Waals surface area contributed by atoms with E-state index in [4.69, 9.17) is 0 Å². The largest absolute Gasteiger partial charge is 0.310 e. The number of nitrogens with one attached hydrogen (secondary N) is 2. The fraction of sp³-hybridized carbons (Fsp3) is 0.368. The fourth-order valence-electron chi connectivity index (χ4n) is 2.98. The van der Waals surface area contributed by atoms with Gasteiger partial charge in [-0.3, -0.25) is 5.10 Å². The Balaban J connectivity index is 0.00000156. The molecule has 4 nitrogen and oxygen atoms in total. The molecule has 0 saturated carbocycles. The van der Waals surface area contributed by atoms with Crippen molar-refractivity contribution in [3.05, 3.63) is 48.3 Å². The molecule has 124 valence electrons. The minimum Gasteiger partial charge on any atom is -0.310 e. The van der Waals surface area contributed by atoms with Crippen LogP contribution in [0.1, 0.15) is 47.6 Å². The van der Waals surface area contributed by atoms with Crippen LogP contribution in [-0.4, -0.2) is 21.7 Å². The lowest BCUT2D eigenvalue weighted by Gasteiger charge is -2.18. The van der Waals surface area contributed by atoms with E-state index in [1.165, 1.54) is 29.5 Å². The van der Waals surface area contributed by atoms with E-state index in [-0.39, 0.29) is 2.85 Å². The Morgan fingerprint density at radius 1 is 1.26 bits per heavy atom. The molecule has 0 saturated heterocycles. The van der Waals surface area contributed by atoms with Gasteiger partial charge in [0, 0.05) is 20.5 Å². The lowest BCUT2D eigenvalue weighted by Crippen LogP contribution is -2.21. The molecule has 2 N–H and O–H groups in total. The van der Waals surface area contributed by atoms with Gasteiger partial charge in [-0.25, -0.2) is 4.98 Å². The lowest BCUT2D eigenvalue weighted by molar-refractivity contribution is 0.508. The van der Waals surface area contributed by atoms with Gasteiger partial charge in [0.2, 0.25) is 0 Å². The third kappa shape index (κ3) is 3.42. The van der Waals surface area contributed by atoms with Gasteiger partial charge in [-0.05, 0) is 48.2 Å². The molecule has 0 spiro atoms. The molecule has 1 unspecified atom stereocenters. The monoisotopic (exact) mass is 312 g/mol. The highest BCUT2D eigenvalue weighted by Crippen LogP contribution is 2.29. The number of fused-ring (bicyclic) bond motifs is 1. The molecule has 23 heavy (non-hydrogen) atoms. The SMILES string of the molecule is CCCCNC(CC)c1cccc(-c2ccnc3[nH]ncc23)c1.[HH].[HH]. The smallest absolute Gasteiger partial charge is 0.155 e. The van der Waals surface area contributed by atoms with Crippen LogP contribution in [-0.2, 0) is 0 Å². The maximum atomic E-state index is 4.32. The first-order valence-electron chi connectivity index (χ1n) is 8.45. The number of pyridine rings is 1. The predicted molar refractivity (Wildman–Crippen MR) is 99.5 cm³/mol. The number of nitrogens with zero attached hydrogens (tertiary/aromatic N) is 2. The molecule has 2 heterocycles. The van der Waals surface area contributed by atoms with E-state index in [9.17, 15) is 0 Å². The van der Waals surface area contributed by atoms with Crippen LogP contribution in [0.3, 0.4) is 0 Å². The molecule has 0 aliphatic rings. The molecule has 0 aliphatic heterocycles. The van der Waals surface area contributed by atoms with Crippen LogP contribution >= 0.6 is 0 Å². The third-order valence-corrected chi connectivity index (χ3v) is 4.28. The van der Waals surface area contributed by atoms with Gasteiger partial charge in [-0.15, -0.1) is 0 Å². The van der Waals surface area contributed by atoms with Crippen molar-refractivity contribution >= 4 is 11.0 Å². The Kier molecular flexibility index (Phi) is 5.03. The first kappa shape index (κ1) is 15.7. The summed E-state index contributed by atoms with van der Waals surface area (Å²) >= 11 is 0. The van der Waals surface area contributed by atoms with Crippen molar-refractivity contribution in [3.8, 4) is 11.1 Å². The van der Waals surface area contributed by atoms with Gasteiger partial charge in [0.1, 0.15) is 0 Å². The van der Waals surface area contributed by atoms with Crippen LogP contribution in [0.25, 0.3) is 22.2 Å². The van der Waals surface area contributed by atoms with Crippen LogP contribution in [0.5, 0.6) is 0 Å². The standard InChI is InChI=1S/C19H24N4.2H2/c1-3-5-10-20-18(4-2)15-8-6-7-14(12-15)16-9-11-21-19-17(16)13-22-23-19;;/h6-9,11-13,18,20H,3-5,10H2,1-2H3,(H,21,22,23);2*1H. The molecule has 3 aromatic rings. The van der Waals surface area contributed by atoms with Gasteiger partial charge in [0.25, 0.3) is 0 Å². The van der Waals surface area contributed by atoms with Crippen molar-refractivity contribution in [1.82, 2.24) is 20.5 Å². The second-order valence-electron chi connectivity index (χ2n) is 5.88. The van der Waals surface area contributed by atoms with E-state index in [1.807, 2.05) is 12.4 Å². The summed E-state index contributed by atoms with van der Waals surface area (Å²) < 4.78 is 0. The minimum atomic E-state index is 0. The van der Waals surface area contributed by atoms with E-state index in [2.05, 4.69) is 64.7 Å². The van der Waals surface area contributed by atoms with Gasteiger partial charge in [0.15, 0.2) is 5.65 Å². The minimum absolute atomic E-state index is 0. The summed E-state index contributed by atoms with van der Waals surface area (Å²) in [4.78, 5) is 4.32. The second-order valence-corrected chi connectivity index (χ2v) is 5.88. The van der Waals surface area contributed by atoms with Crippen molar-refractivity contribution in [1.29, 1.82) is 0 Å². The maximum absolute atomic E-state index is 4.32. The highest BCUT2D eigenvalue weighted by Gasteiger charge is 2.11. The summed E-state index contributed by atoms with van der Waals surface area (Å²) in [7, 11) is 0. The number of unbranched alkanes of at least 4 members (excludes halogenated alkanes) is 1. The molecule has 0 bridgehead atoms. The van der Waals surface area contributed by atoms with Crippen molar-refractivity contribution in [3.63, 3.8) is 0 Å². The third-order valence-electron chi connectivity index (χ3n) is 4.28. The summed E-state index contributed by atoms with van der Waals surface area (Å²) in [6.45, 7) is 5.53. The topological polar surface area (TPSA) is 53.6 Å². The van der Waals surface area contributed by atoms with E-state index >= 15 is 0 Å². The fourth-order valence-corrected chi connectivity index (χ4v) is 2.98. The summed E-state index contributed by atoms with van der Waals surface area (Å²) in [5.41, 5.74) is 4.57. The van der Waals surface area contributed by atoms with Crippen LogP contribution in [0, 0.1) is 0 Å². The van der Waals surface area contributed by atoms with Gasteiger partial charge < -0.3 is 5.32 Å². The molecule has 4 heteroatoms. The summed E-state index contributed by atoms with van der Waals surface area (Å²) in [5.74, 6) is 0. The number of benzene rings is 1. The molecule has 3 rings (SSSR count). The Morgan fingerprint density at radius 2 is 2.17 bits per heavy atom. The molecule has 0 amide bonds. The van der Waals surface area contributed by atoms with Gasteiger partial charge in [-0.1, -0.05) is 38.5 Å². The van der Waals surface area contributed by atoms with Gasteiger partial charge in [-0.2, -0.15) is 5.10 Å². The van der Waals surface area contributed by atoms with Crippen molar-refractivity contribution < 1.29 is 2.85 Å². The quantitative estimate of drug-likeness (QED) is 0.606. The number of hydrogen-bond donors (Lipinski definition) is 2. The van der Waals surface area contributed by atoms with Crippen LogP contribution in [0.2, 0.25) is 0 Å². The highest BCUT2D eigenvalue weighted by atomic mass is 15.1. The molecule has 0 fully saturated rings. The summed E-state index contributed by atoms with van der Waals surface area (Å²) in [6, 6.07) is 11.3. The molecule has 1 atom stereocenters. The zero-order chi connectivity index (χ0) is 16.1. The molecule has 1 aromatic carbocycles. The van der Waals surface area contributed by atoms with E-state index in [0.29, 0.717) is 6.04 Å². The molecule has 2 aromatic heterocycles. The zero-order valence-electron chi connectivity index (χ0n) is 13.8. The van der Waals surface area contributed by atoms with E-state index < -0.39 is 0 Å². The van der Waals surface area contributed by atoms with Crippen LogP contribution in [0.4, 0.5) is 0 Å². The number of aromatic amines is 1. The second kappa shape index (κ2) is 7.38. The molecule has 0 radical (unpaired) electrons. The lowest BCUT2D eigenvalue weighted by atomic mass is 9.97. The number of hydrogen-bond acceptors (Lipinski definition) is 3. The Morgan fingerprint density at radius 3 is 3.00 bits per heavy atom. The predicted octanol–water partition coefficient (Wildman–Crippen LogP) is 4.96. The number of H-pyrrole nitrogens is 1. The van der Waals surface area contributed by atoms with Crippen LogP contribution in [0.15, 0.2) is 42.7 Å². The Hall–Kier alpha value is -2.20. The molecule has 0 aliphatic carbocycles. The number of rotatable bonds is 7. The summed E-state index contributed by atoms with van der Waals surface area (Å²) in [5, 5.41) is 11.8. The zero-order valence-corrected chi connectivity index (χ0v) is 13.8. The maximum Gasteiger partial charge on any atom is 0.155 e. The van der Waals surface area contributed by atoms with E-state index in [0.717, 1.165) is 24.0 Å². The van der Waals surface area contributed by atoms with Gasteiger partial charge in [0.05, 0.1) is 6.20 Å². The van der Waals surface area contributed by atoms with Gasteiger partial charge >= 0.3 is 0 Å². The van der Waals surface area contributed by atoms with E-state index in [1.54, 1.807) is 0 Å².